The molecular weight excluding hydrogens is 388 g/mol. The van der Waals surface area contributed by atoms with E-state index in [0.29, 0.717) is 35.4 Å². The van der Waals surface area contributed by atoms with Crippen LogP contribution in [0, 0.1) is 0 Å². The molecule has 0 radical (unpaired) electrons. The lowest BCUT2D eigenvalue weighted by atomic mass is 10.0. The van der Waals surface area contributed by atoms with E-state index in [0.717, 1.165) is 4.90 Å². The quantitative estimate of drug-likeness (QED) is 0.517. The molecular formula is C19H13F6NO2. The number of halogens is 6. The number of fused-ring (bicyclic) bond motifs is 1. The predicted octanol–water partition coefficient (Wildman–Crippen LogP) is 5.13. The Morgan fingerprint density at radius 3 is 1.93 bits per heavy atom. The fraction of sp³-hybridized carbons (Fsp3) is 0.263. The second-order valence-electron chi connectivity index (χ2n) is 6.40. The topological polar surface area (TPSA) is 37.4 Å². The van der Waals surface area contributed by atoms with Crippen LogP contribution in [0.1, 0.15) is 44.3 Å². The number of hydrogen-bond acceptors (Lipinski definition) is 2. The summed E-state index contributed by atoms with van der Waals surface area (Å²) in [6.07, 6.45) is -9.72. The molecule has 3 nitrogen and oxygen atoms in total. The van der Waals surface area contributed by atoms with Crippen LogP contribution in [-0.2, 0) is 18.8 Å². The van der Waals surface area contributed by atoms with E-state index < -0.39 is 35.0 Å². The summed E-state index contributed by atoms with van der Waals surface area (Å²) >= 11 is 0. The van der Waals surface area contributed by atoms with Crippen LogP contribution in [0.2, 0.25) is 0 Å². The van der Waals surface area contributed by atoms with Gasteiger partial charge in [0.2, 0.25) is 0 Å². The minimum atomic E-state index is -5.03. The zero-order valence-corrected chi connectivity index (χ0v) is 14.4. The fourth-order valence-corrected chi connectivity index (χ4v) is 3.07. The Balaban J connectivity index is 2.04. The Morgan fingerprint density at radius 2 is 1.43 bits per heavy atom. The highest BCUT2D eigenvalue weighted by molar-refractivity contribution is 6.08. The molecule has 2 aromatic carbocycles. The highest BCUT2D eigenvalue weighted by Crippen LogP contribution is 2.37. The van der Waals surface area contributed by atoms with Gasteiger partial charge in [0, 0.05) is 23.4 Å². The highest BCUT2D eigenvalue weighted by atomic mass is 19.4. The summed E-state index contributed by atoms with van der Waals surface area (Å²) in [5, 5.41) is 0. The molecule has 1 amide bonds. The molecule has 0 saturated carbocycles. The van der Waals surface area contributed by atoms with Gasteiger partial charge in [0.05, 0.1) is 11.1 Å². The van der Waals surface area contributed by atoms with E-state index in [9.17, 15) is 35.9 Å². The van der Waals surface area contributed by atoms with Crippen LogP contribution >= 0.6 is 0 Å². The van der Waals surface area contributed by atoms with Gasteiger partial charge in [0.25, 0.3) is 5.91 Å². The first-order chi connectivity index (χ1) is 12.9. The largest absolute Gasteiger partial charge is 0.416 e. The van der Waals surface area contributed by atoms with Crippen molar-refractivity contribution < 1.29 is 35.9 Å². The molecule has 0 spiro atoms. The minimum absolute atomic E-state index is 0.0200. The van der Waals surface area contributed by atoms with Crippen molar-refractivity contribution >= 4 is 17.4 Å². The third kappa shape index (κ3) is 3.74. The van der Waals surface area contributed by atoms with Gasteiger partial charge in [-0.15, -0.1) is 0 Å². The van der Waals surface area contributed by atoms with E-state index in [-0.39, 0.29) is 18.4 Å². The fourth-order valence-electron chi connectivity index (χ4n) is 3.07. The number of Topliss-reactive ketones (excluding diaryl/α,β-unsaturated/α-hetero) is 1. The van der Waals surface area contributed by atoms with E-state index >= 15 is 0 Å². The monoisotopic (exact) mass is 401 g/mol. The number of rotatable bonds is 2. The van der Waals surface area contributed by atoms with Crippen molar-refractivity contribution in [2.45, 2.75) is 25.7 Å². The van der Waals surface area contributed by atoms with Gasteiger partial charge in [-0.2, -0.15) is 26.3 Å². The Labute approximate surface area is 155 Å². The first kappa shape index (κ1) is 19.9. The van der Waals surface area contributed by atoms with Gasteiger partial charge in [0.1, 0.15) is 0 Å². The smallest absolute Gasteiger partial charge is 0.308 e. The number of ketones is 1. The number of anilines is 1. The summed E-state index contributed by atoms with van der Waals surface area (Å²) in [5.41, 5.74) is -2.39. The average Bonchev–Trinajstić information content (AvgIpc) is 3.02. The maximum Gasteiger partial charge on any atom is 0.416 e. The highest BCUT2D eigenvalue weighted by Gasteiger charge is 2.38. The van der Waals surface area contributed by atoms with Gasteiger partial charge >= 0.3 is 12.4 Å². The van der Waals surface area contributed by atoms with E-state index in [4.69, 9.17) is 0 Å². The molecule has 1 heterocycles. The Hall–Kier alpha value is -2.84. The van der Waals surface area contributed by atoms with Crippen LogP contribution in [-0.4, -0.2) is 18.2 Å². The predicted molar refractivity (Wildman–Crippen MR) is 88.3 cm³/mol. The molecule has 1 aliphatic rings. The molecule has 0 aromatic heterocycles. The van der Waals surface area contributed by atoms with Crippen molar-refractivity contribution in [3.63, 3.8) is 0 Å². The minimum Gasteiger partial charge on any atom is -0.308 e. The van der Waals surface area contributed by atoms with Crippen molar-refractivity contribution in [1.82, 2.24) is 0 Å². The zero-order valence-electron chi connectivity index (χ0n) is 14.4. The molecule has 0 N–H and O–H groups in total. The number of nitrogens with zero attached hydrogens (tertiary/aromatic N) is 1. The zero-order chi connectivity index (χ0) is 20.9. The van der Waals surface area contributed by atoms with E-state index in [2.05, 4.69) is 0 Å². The average molecular weight is 401 g/mol. The Morgan fingerprint density at radius 1 is 0.857 bits per heavy atom. The van der Waals surface area contributed by atoms with Gasteiger partial charge in [-0.25, -0.2) is 0 Å². The standard InChI is InChI=1S/C19H13F6NO2/c1-10(27)11-2-3-16-12(6-11)4-5-26(16)17(28)13-7-14(18(20,21)22)9-15(8-13)19(23,24)25/h2-3,6-9H,4-5H2,1H3. The molecule has 0 unspecified atom stereocenters. The normalized spacial score (nSPS) is 14.2. The first-order valence-electron chi connectivity index (χ1n) is 8.13. The van der Waals surface area contributed by atoms with Gasteiger partial charge < -0.3 is 4.90 Å². The molecule has 148 valence electrons. The molecule has 0 aliphatic carbocycles. The molecule has 28 heavy (non-hydrogen) atoms. The second-order valence-corrected chi connectivity index (χ2v) is 6.40. The van der Waals surface area contributed by atoms with Crippen molar-refractivity contribution in [1.29, 1.82) is 0 Å². The summed E-state index contributed by atoms with van der Waals surface area (Å²) in [6.45, 7) is 1.45. The van der Waals surface area contributed by atoms with Crippen molar-refractivity contribution in [2.75, 3.05) is 11.4 Å². The molecule has 0 saturated heterocycles. The van der Waals surface area contributed by atoms with Crippen LogP contribution in [0.15, 0.2) is 36.4 Å². The van der Waals surface area contributed by atoms with Crippen LogP contribution in [0.5, 0.6) is 0 Å². The van der Waals surface area contributed by atoms with Crippen LogP contribution in [0.4, 0.5) is 32.0 Å². The van der Waals surface area contributed by atoms with Gasteiger partial charge in [-0.05, 0) is 55.3 Å². The van der Waals surface area contributed by atoms with Crippen molar-refractivity contribution in [3.05, 3.63) is 64.2 Å². The number of amides is 1. The summed E-state index contributed by atoms with van der Waals surface area (Å²) in [7, 11) is 0. The van der Waals surface area contributed by atoms with Crippen LogP contribution < -0.4 is 4.90 Å². The molecule has 9 heteroatoms. The number of hydrogen-bond donors (Lipinski definition) is 0. The number of alkyl halides is 6. The number of benzene rings is 2. The molecule has 0 atom stereocenters. The van der Waals surface area contributed by atoms with Crippen molar-refractivity contribution in [3.8, 4) is 0 Å². The maximum absolute atomic E-state index is 13.0. The van der Waals surface area contributed by atoms with Crippen LogP contribution in [0.3, 0.4) is 0 Å². The second kappa shape index (κ2) is 6.65. The summed E-state index contributed by atoms with van der Waals surface area (Å²) < 4.78 is 78.1. The molecule has 1 aliphatic heterocycles. The number of carbonyl (C=O) groups excluding carboxylic acids is 2. The SMILES string of the molecule is CC(=O)c1ccc2c(c1)CCN2C(=O)c1cc(C(F)(F)F)cc(C(F)(F)F)c1. The maximum atomic E-state index is 13.0. The molecule has 3 rings (SSSR count). The summed E-state index contributed by atoms with van der Waals surface area (Å²) in [6, 6.07) is 5.31. The van der Waals surface area contributed by atoms with E-state index in [1.54, 1.807) is 6.07 Å². The van der Waals surface area contributed by atoms with Gasteiger partial charge in [-0.3, -0.25) is 9.59 Å². The molecule has 0 bridgehead atoms. The Kier molecular flexibility index (Phi) is 4.73. The third-order valence-electron chi connectivity index (χ3n) is 4.46. The summed E-state index contributed by atoms with van der Waals surface area (Å²) in [5.74, 6) is -1.16. The van der Waals surface area contributed by atoms with E-state index in [1.165, 1.54) is 19.1 Å². The lowest BCUT2D eigenvalue weighted by Gasteiger charge is -2.20. The lowest BCUT2D eigenvalue weighted by Crippen LogP contribution is -2.29. The number of carbonyl (C=O) groups is 2. The van der Waals surface area contributed by atoms with Crippen LogP contribution in [0.25, 0.3) is 0 Å². The van der Waals surface area contributed by atoms with E-state index in [1.807, 2.05) is 0 Å². The van der Waals surface area contributed by atoms with Crippen molar-refractivity contribution in [2.24, 2.45) is 0 Å². The third-order valence-corrected chi connectivity index (χ3v) is 4.46. The van der Waals surface area contributed by atoms with Gasteiger partial charge in [-0.1, -0.05) is 0 Å². The molecule has 2 aromatic rings. The van der Waals surface area contributed by atoms with Gasteiger partial charge in [0.15, 0.2) is 5.78 Å². The first-order valence-corrected chi connectivity index (χ1v) is 8.13. The lowest BCUT2D eigenvalue weighted by molar-refractivity contribution is -0.143. The Bertz CT molecular complexity index is 930. The molecule has 0 fully saturated rings. The summed E-state index contributed by atoms with van der Waals surface area (Å²) in [4.78, 5) is 25.3.